The average molecular weight is 391 g/mol. The van der Waals surface area contributed by atoms with Crippen molar-refractivity contribution in [3.05, 3.63) is 18.4 Å². The Morgan fingerprint density at radius 1 is 1.41 bits per heavy atom. The number of amides is 1. The predicted octanol–water partition coefficient (Wildman–Crippen LogP) is 1.32. The van der Waals surface area contributed by atoms with Crippen molar-refractivity contribution >= 4 is 17.7 Å². The number of rotatable bonds is 5. The van der Waals surface area contributed by atoms with E-state index in [4.69, 9.17) is 4.42 Å². The fraction of sp³-hybridized carbons (Fsp3) is 0.611. The van der Waals surface area contributed by atoms with Crippen LogP contribution in [0.25, 0.3) is 11.6 Å². The number of aromatic amines is 1. The molecule has 2 aliphatic rings. The molecule has 2 aromatic rings. The number of nitrogens with zero attached hydrogens (tertiary/aromatic N) is 4. The van der Waals surface area contributed by atoms with Crippen LogP contribution in [0.15, 0.2) is 28.0 Å². The fourth-order valence-electron chi connectivity index (χ4n) is 4.22. The summed E-state index contributed by atoms with van der Waals surface area (Å²) in [5.74, 6) is 2.48. The van der Waals surface area contributed by atoms with Crippen molar-refractivity contribution in [3.63, 3.8) is 0 Å². The van der Waals surface area contributed by atoms with Gasteiger partial charge in [0.1, 0.15) is 0 Å². The molecule has 8 nitrogen and oxygen atoms in total. The van der Waals surface area contributed by atoms with Crippen LogP contribution >= 0.6 is 11.8 Å². The van der Waals surface area contributed by atoms with Crippen LogP contribution in [-0.4, -0.2) is 81.1 Å². The number of aliphatic hydroxyl groups is 1. The molecule has 4 atom stereocenters. The quantitative estimate of drug-likeness (QED) is 0.742. The Morgan fingerprint density at radius 2 is 2.19 bits per heavy atom. The second kappa shape index (κ2) is 7.65. The average Bonchev–Trinajstić information content (AvgIpc) is 3.37. The third-order valence-electron chi connectivity index (χ3n) is 5.67. The van der Waals surface area contributed by atoms with Crippen molar-refractivity contribution in [2.24, 2.45) is 11.8 Å². The Morgan fingerprint density at radius 3 is 2.89 bits per heavy atom. The Balaban J connectivity index is 1.31. The highest BCUT2D eigenvalue weighted by atomic mass is 32.2. The minimum Gasteiger partial charge on any atom is -0.461 e. The second-order valence-corrected chi connectivity index (χ2v) is 8.56. The predicted molar refractivity (Wildman–Crippen MR) is 101 cm³/mol. The molecule has 0 radical (unpaired) electrons. The van der Waals surface area contributed by atoms with Crippen LogP contribution in [-0.2, 0) is 4.79 Å². The lowest BCUT2D eigenvalue weighted by Gasteiger charge is -2.38. The highest BCUT2D eigenvalue weighted by Gasteiger charge is 2.43. The first-order valence-corrected chi connectivity index (χ1v) is 10.2. The highest BCUT2D eigenvalue weighted by molar-refractivity contribution is 7.99. The zero-order valence-electron chi connectivity index (χ0n) is 15.5. The first kappa shape index (κ1) is 18.5. The van der Waals surface area contributed by atoms with E-state index in [0.717, 1.165) is 25.9 Å². The number of carbonyl (C=O) groups is 1. The van der Waals surface area contributed by atoms with Crippen LogP contribution in [0.1, 0.15) is 12.8 Å². The monoisotopic (exact) mass is 391 g/mol. The SMILES string of the molecule is CN(C)[C@@H]1C[C@@H]2CN(C(=O)CSc3n[nH]c(-c4ccco4)n3)C[C@@H]2C[C@H]1O. The van der Waals surface area contributed by atoms with Gasteiger partial charge in [-0.2, -0.15) is 4.98 Å². The van der Waals surface area contributed by atoms with Gasteiger partial charge in [0.25, 0.3) is 0 Å². The molecule has 4 rings (SSSR count). The first-order valence-electron chi connectivity index (χ1n) is 9.22. The number of carbonyl (C=O) groups excluding carboxylic acids is 1. The smallest absolute Gasteiger partial charge is 0.233 e. The number of hydrogen-bond donors (Lipinski definition) is 2. The molecule has 9 heteroatoms. The van der Waals surface area contributed by atoms with Gasteiger partial charge in [-0.25, -0.2) is 0 Å². The maximum Gasteiger partial charge on any atom is 0.233 e. The number of likely N-dealkylation sites (N-methyl/N-ethyl adjacent to an activating group) is 1. The molecular weight excluding hydrogens is 366 g/mol. The minimum absolute atomic E-state index is 0.106. The molecule has 27 heavy (non-hydrogen) atoms. The van der Waals surface area contributed by atoms with Crippen molar-refractivity contribution in [2.45, 2.75) is 30.1 Å². The number of H-pyrrole nitrogens is 1. The van der Waals surface area contributed by atoms with E-state index < -0.39 is 0 Å². The number of likely N-dealkylation sites (tertiary alicyclic amines) is 1. The molecule has 2 N–H and O–H groups in total. The van der Waals surface area contributed by atoms with Crippen LogP contribution in [0.4, 0.5) is 0 Å². The van der Waals surface area contributed by atoms with Crippen molar-refractivity contribution in [1.82, 2.24) is 25.0 Å². The van der Waals surface area contributed by atoms with Crippen LogP contribution in [0, 0.1) is 11.8 Å². The van der Waals surface area contributed by atoms with E-state index >= 15 is 0 Å². The molecule has 1 amide bonds. The van der Waals surface area contributed by atoms with E-state index in [-0.39, 0.29) is 18.1 Å². The van der Waals surface area contributed by atoms with Crippen LogP contribution in [0.5, 0.6) is 0 Å². The van der Waals surface area contributed by atoms with Crippen LogP contribution in [0.2, 0.25) is 0 Å². The number of nitrogens with one attached hydrogen (secondary N) is 1. The number of hydrogen-bond acceptors (Lipinski definition) is 7. The molecule has 146 valence electrons. The molecule has 0 bridgehead atoms. The van der Waals surface area contributed by atoms with Gasteiger partial charge in [-0.3, -0.25) is 9.89 Å². The Bertz CT molecular complexity index is 778. The third kappa shape index (κ3) is 3.90. The Kier molecular flexibility index (Phi) is 5.25. The van der Waals surface area contributed by atoms with E-state index in [1.807, 2.05) is 25.1 Å². The summed E-state index contributed by atoms with van der Waals surface area (Å²) in [4.78, 5) is 21.0. The molecule has 1 aliphatic carbocycles. The molecule has 2 fully saturated rings. The van der Waals surface area contributed by atoms with Crippen molar-refractivity contribution in [1.29, 1.82) is 0 Å². The maximum absolute atomic E-state index is 12.6. The lowest BCUT2D eigenvalue weighted by Crippen LogP contribution is -2.46. The first-order chi connectivity index (χ1) is 13.0. The van der Waals surface area contributed by atoms with Gasteiger partial charge < -0.3 is 19.3 Å². The van der Waals surface area contributed by atoms with Crippen LogP contribution in [0.3, 0.4) is 0 Å². The molecule has 2 aromatic heterocycles. The standard InChI is InChI=1S/C18H25N5O3S/c1-22(2)13-6-11-8-23(9-12(11)7-14(13)24)16(25)10-27-18-19-17(20-21-18)15-4-3-5-26-15/h3-5,11-14,24H,6-10H2,1-2H3,(H,19,20,21)/t11-,12+,13-,14-/m1/s1. The van der Waals surface area contributed by atoms with E-state index in [2.05, 4.69) is 20.1 Å². The molecule has 0 spiro atoms. The zero-order valence-corrected chi connectivity index (χ0v) is 16.4. The van der Waals surface area contributed by atoms with Gasteiger partial charge in [-0.1, -0.05) is 11.8 Å². The molecular formula is C18H25N5O3S. The summed E-state index contributed by atoms with van der Waals surface area (Å²) in [7, 11) is 4.02. The largest absolute Gasteiger partial charge is 0.461 e. The van der Waals surface area contributed by atoms with E-state index in [9.17, 15) is 9.90 Å². The number of fused-ring (bicyclic) bond motifs is 1. The van der Waals surface area contributed by atoms with Gasteiger partial charge >= 0.3 is 0 Å². The fourth-order valence-corrected chi connectivity index (χ4v) is 4.92. The van der Waals surface area contributed by atoms with Gasteiger partial charge in [-0.05, 0) is 50.9 Å². The lowest BCUT2D eigenvalue weighted by atomic mass is 9.77. The molecule has 0 aromatic carbocycles. The number of aliphatic hydroxyl groups excluding tert-OH is 1. The van der Waals surface area contributed by atoms with Crippen molar-refractivity contribution < 1.29 is 14.3 Å². The molecule has 3 heterocycles. The van der Waals surface area contributed by atoms with Gasteiger partial charge in [-0.15, -0.1) is 5.10 Å². The molecule has 1 saturated carbocycles. The normalized spacial score (nSPS) is 27.9. The minimum atomic E-state index is -0.307. The van der Waals surface area contributed by atoms with Gasteiger partial charge in [0.15, 0.2) is 11.6 Å². The third-order valence-corrected chi connectivity index (χ3v) is 6.50. The van der Waals surface area contributed by atoms with Gasteiger partial charge in [0, 0.05) is 19.1 Å². The zero-order chi connectivity index (χ0) is 19.0. The summed E-state index contributed by atoms with van der Waals surface area (Å²) in [6, 6.07) is 3.78. The molecule has 0 unspecified atom stereocenters. The molecule has 1 aliphatic heterocycles. The summed E-state index contributed by atoms with van der Waals surface area (Å²) in [5.41, 5.74) is 0. The maximum atomic E-state index is 12.6. The van der Waals surface area contributed by atoms with Gasteiger partial charge in [0.2, 0.25) is 11.1 Å². The number of furan rings is 1. The summed E-state index contributed by atoms with van der Waals surface area (Å²) < 4.78 is 5.29. The summed E-state index contributed by atoms with van der Waals surface area (Å²) in [5, 5.41) is 17.9. The lowest BCUT2D eigenvalue weighted by molar-refractivity contribution is -0.127. The van der Waals surface area contributed by atoms with E-state index in [1.54, 1.807) is 12.3 Å². The van der Waals surface area contributed by atoms with Crippen molar-refractivity contribution in [3.8, 4) is 11.6 Å². The number of thioether (sulfide) groups is 1. The second-order valence-electron chi connectivity index (χ2n) is 7.62. The Hall–Kier alpha value is -1.84. The van der Waals surface area contributed by atoms with Crippen molar-refractivity contribution in [2.75, 3.05) is 32.9 Å². The highest BCUT2D eigenvalue weighted by Crippen LogP contribution is 2.38. The topological polar surface area (TPSA) is 98.5 Å². The summed E-state index contributed by atoms with van der Waals surface area (Å²) >= 11 is 1.33. The molecule has 1 saturated heterocycles. The summed E-state index contributed by atoms with van der Waals surface area (Å²) in [6.45, 7) is 1.53. The Labute approximate surface area is 162 Å². The van der Waals surface area contributed by atoms with E-state index in [0.29, 0.717) is 34.3 Å². The summed E-state index contributed by atoms with van der Waals surface area (Å²) in [6.07, 6.45) is 3.00. The van der Waals surface area contributed by atoms with E-state index in [1.165, 1.54) is 11.8 Å². The number of aromatic nitrogens is 3. The van der Waals surface area contributed by atoms with Crippen LogP contribution < -0.4 is 0 Å². The van der Waals surface area contributed by atoms with Gasteiger partial charge in [0.05, 0.1) is 18.1 Å².